The number of aliphatic imine (C=N–C) groups is 1. The largest absolute Gasteiger partial charge is 0.447 e. The fraction of sp³-hybridized carbons (Fsp3) is 0.417. The Bertz CT molecular complexity index is 594. The van der Waals surface area contributed by atoms with Gasteiger partial charge in [0.15, 0.2) is 29.9 Å². The van der Waals surface area contributed by atoms with E-state index in [-0.39, 0.29) is 0 Å². The van der Waals surface area contributed by atoms with Crippen LogP contribution >= 0.6 is 0 Å². The van der Waals surface area contributed by atoms with Crippen LogP contribution in [0, 0.1) is 29.1 Å². The number of rotatable bonds is 4. The zero-order valence-electron chi connectivity index (χ0n) is 10.7. The number of halogens is 6. The van der Waals surface area contributed by atoms with Crippen LogP contribution in [-0.2, 0) is 4.74 Å². The minimum absolute atomic E-state index is 0.498. The Morgan fingerprint density at radius 1 is 1.00 bits per heavy atom. The van der Waals surface area contributed by atoms with Crippen LogP contribution in [-0.4, -0.2) is 35.1 Å². The van der Waals surface area contributed by atoms with Gasteiger partial charge in [0, 0.05) is 6.42 Å². The normalized spacial score (nSPS) is 22.5. The third-order valence-electron chi connectivity index (χ3n) is 3.05. The Hall–Kier alpha value is -1.81. The summed E-state index contributed by atoms with van der Waals surface area (Å²) in [5.74, 6) is -11.6. The molecule has 3 atom stereocenters. The van der Waals surface area contributed by atoms with Crippen molar-refractivity contribution < 1.29 is 41.3 Å². The maximum absolute atomic E-state index is 13.5. The van der Waals surface area contributed by atoms with Crippen molar-refractivity contribution in [3.8, 4) is 0 Å². The van der Waals surface area contributed by atoms with E-state index < -0.39 is 72.1 Å². The highest BCUT2D eigenvalue weighted by Crippen LogP contribution is 2.31. The van der Waals surface area contributed by atoms with Crippen molar-refractivity contribution in [1.82, 2.24) is 0 Å². The van der Waals surface area contributed by atoms with Crippen molar-refractivity contribution in [2.24, 2.45) is 4.99 Å². The predicted molar refractivity (Wildman–Crippen MR) is 60.1 cm³/mol. The van der Waals surface area contributed by atoms with Gasteiger partial charge in [0.1, 0.15) is 6.04 Å². The molecule has 2 rings (SSSR count). The molecule has 0 aromatic heterocycles. The molecule has 0 spiro atoms. The second-order valence-electron chi connectivity index (χ2n) is 4.47. The summed E-state index contributed by atoms with van der Waals surface area (Å²) in [6.07, 6.45) is -4.60. The number of alkyl halides is 1. The van der Waals surface area contributed by atoms with E-state index in [4.69, 9.17) is 0 Å². The first-order valence-electron chi connectivity index (χ1n) is 5.94. The molecule has 4 nitrogen and oxygen atoms in total. The number of nitrogens with zero attached hydrogens (tertiary/aromatic N) is 1. The summed E-state index contributed by atoms with van der Waals surface area (Å²) in [6, 6.07) is -1.31. The van der Waals surface area contributed by atoms with E-state index in [0.29, 0.717) is 0 Å². The van der Waals surface area contributed by atoms with Crippen LogP contribution < -0.4 is 0 Å². The fourth-order valence-electron chi connectivity index (χ4n) is 1.99. The third kappa shape index (κ3) is 2.75. The van der Waals surface area contributed by atoms with E-state index in [1.54, 1.807) is 0 Å². The zero-order chi connectivity index (χ0) is 16.6. The monoisotopic (exact) mass is 329 g/mol. The lowest BCUT2D eigenvalue weighted by molar-refractivity contribution is -0.0390. The molecule has 1 aliphatic rings. The smallest absolute Gasteiger partial charge is 0.221 e. The average molecular weight is 329 g/mol. The van der Waals surface area contributed by atoms with Gasteiger partial charge in [0.05, 0.1) is 11.7 Å². The highest BCUT2D eigenvalue weighted by Gasteiger charge is 2.35. The molecule has 0 saturated heterocycles. The Balaban J connectivity index is 2.31. The standard InChI is InChI=1S/C12H9F6NO3/c13-2-5-19-3(12(21)22-5)1-4(20)6-7(14)9(16)11(18)10(17)8(6)15/h3-4,12,20-21H,1-2H2. The van der Waals surface area contributed by atoms with Gasteiger partial charge in [-0.05, 0) is 0 Å². The molecular formula is C12H9F6NO3. The summed E-state index contributed by atoms with van der Waals surface area (Å²) in [7, 11) is 0. The van der Waals surface area contributed by atoms with Crippen molar-refractivity contribution in [1.29, 1.82) is 0 Å². The van der Waals surface area contributed by atoms with Crippen molar-refractivity contribution in [3.63, 3.8) is 0 Å². The fourth-order valence-corrected chi connectivity index (χ4v) is 1.99. The van der Waals surface area contributed by atoms with E-state index in [1.807, 2.05) is 0 Å². The number of hydrogen-bond donors (Lipinski definition) is 2. The quantitative estimate of drug-likeness (QED) is 0.504. The maximum Gasteiger partial charge on any atom is 0.221 e. The summed E-state index contributed by atoms with van der Waals surface area (Å²) in [5.41, 5.74) is -1.45. The molecule has 122 valence electrons. The molecule has 0 radical (unpaired) electrons. The highest BCUT2D eigenvalue weighted by atomic mass is 19.2. The molecule has 1 aliphatic heterocycles. The first kappa shape index (κ1) is 16.6. The number of aliphatic hydroxyl groups is 2. The molecule has 1 aromatic rings. The Kier molecular flexibility index (Phi) is 4.61. The van der Waals surface area contributed by atoms with E-state index in [2.05, 4.69) is 9.73 Å². The van der Waals surface area contributed by atoms with E-state index >= 15 is 0 Å². The molecule has 10 heteroatoms. The molecule has 2 N–H and O–H groups in total. The van der Waals surface area contributed by atoms with E-state index in [1.165, 1.54) is 0 Å². The molecule has 0 fully saturated rings. The van der Waals surface area contributed by atoms with Gasteiger partial charge in [0.2, 0.25) is 18.0 Å². The number of ether oxygens (including phenoxy) is 1. The van der Waals surface area contributed by atoms with Gasteiger partial charge in [-0.25, -0.2) is 31.3 Å². The first-order valence-corrected chi connectivity index (χ1v) is 5.94. The second-order valence-corrected chi connectivity index (χ2v) is 4.47. The topological polar surface area (TPSA) is 62.1 Å². The highest BCUT2D eigenvalue weighted by molar-refractivity contribution is 5.78. The Labute approximate surface area is 119 Å². The molecule has 1 aromatic carbocycles. The van der Waals surface area contributed by atoms with E-state index in [9.17, 15) is 36.6 Å². The van der Waals surface area contributed by atoms with Crippen molar-refractivity contribution >= 4 is 5.90 Å². The van der Waals surface area contributed by atoms with Crippen molar-refractivity contribution in [3.05, 3.63) is 34.6 Å². The van der Waals surface area contributed by atoms with Gasteiger partial charge in [0.25, 0.3) is 0 Å². The summed E-state index contributed by atoms with van der Waals surface area (Å²) < 4.78 is 82.8. The molecule has 3 unspecified atom stereocenters. The molecule has 0 bridgehead atoms. The second kappa shape index (κ2) is 6.13. The minimum atomic E-state index is -2.35. The number of benzene rings is 1. The lowest BCUT2D eigenvalue weighted by atomic mass is 10.00. The first-order chi connectivity index (χ1) is 10.3. The summed E-state index contributed by atoms with van der Waals surface area (Å²) in [5, 5.41) is 19.1. The van der Waals surface area contributed by atoms with E-state index in [0.717, 1.165) is 0 Å². The Morgan fingerprint density at radius 2 is 1.50 bits per heavy atom. The molecular weight excluding hydrogens is 320 g/mol. The number of aliphatic hydroxyl groups excluding tert-OH is 2. The third-order valence-corrected chi connectivity index (χ3v) is 3.05. The van der Waals surface area contributed by atoms with Gasteiger partial charge in [-0.3, -0.25) is 0 Å². The van der Waals surface area contributed by atoms with Crippen molar-refractivity contribution in [2.45, 2.75) is 24.9 Å². The van der Waals surface area contributed by atoms with Crippen LogP contribution in [0.3, 0.4) is 0 Å². The van der Waals surface area contributed by atoms with Crippen molar-refractivity contribution in [2.75, 3.05) is 6.67 Å². The Morgan fingerprint density at radius 3 is 1.95 bits per heavy atom. The average Bonchev–Trinajstić information content (AvgIpc) is 2.83. The zero-order valence-corrected chi connectivity index (χ0v) is 10.7. The van der Waals surface area contributed by atoms with Gasteiger partial charge >= 0.3 is 0 Å². The number of hydrogen-bond acceptors (Lipinski definition) is 4. The molecule has 0 aliphatic carbocycles. The van der Waals surface area contributed by atoms with Crippen LogP contribution in [0.25, 0.3) is 0 Å². The maximum atomic E-state index is 13.5. The summed E-state index contributed by atoms with van der Waals surface area (Å²) in [4.78, 5) is 3.48. The van der Waals surface area contributed by atoms with Gasteiger partial charge < -0.3 is 14.9 Å². The molecule has 1 heterocycles. The van der Waals surface area contributed by atoms with Crippen LogP contribution in [0.15, 0.2) is 4.99 Å². The summed E-state index contributed by atoms with van der Waals surface area (Å²) >= 11 is 0. The lowest BCUT2D eigenvalue weighted by Crippen LogP contribution is -2.25. The van der Waals surface area contributed by atoms with Crippen LogP contribution in [0.4, 0.5) is 26.3 Å². The molecule has 0 amide bonds. The van der Waals surface area contributed by atoms with Crippen LogP contribution in [0.1, 0.15) is 18.1 Å². The lowest BCUT2D eigenvalue weighted by Gasteiger charge is -2.18. The minimum Gasteiger partial charge on any atom is -0.447 e. The SMILES string of the molecule is OC(CC1N=C(CF)OC1O)c1c(F)c(F)c(F)c(F)c1F. The van der Waals surface area contributed by atoms with Gasteiger partial charge in [-0.1, -0.05) is 0 Å². The predicted octanol–water partition coefficient (Wildman–Crippen LogP) is 1.89. The van der Waals surface area contributed by atoms with Gasteiger partial charge in [-0.2, -0.15) is 0 Å². The van der Waals surface area contributed by atoms with Crippen LogP contribution in [0.5, 0.6) is 0 Å². The molecule has 22 heavy (non-hydrogen) atoms. The van der Waals surface area contributed by atoms with Crippen LogP contribution in [0.2, 0.25) is 0 Å². The summed E-state index contributed by atoms with van der Waals surface area (Å²) in [6.45, 7) is -1.16. The van der Waals surface area contributed by atoms with Gasteiger partial charge in [-0.15, -0.1) is 0 Å². The molecule has 0 saturated carbocycles.